The predicted molar refractivity (Wildman–Crippen MR) is 54.5 cm³/mol. The van der Waals surface area contributed by atoms with Crippen LogP contribution in [0.15, 0.2) is 23.0 Å². The second-order valence-corrected chi connectivity index (χ2v) is 3.60. The van der Waals surface area contributed by atoms with E-state index in [4.69, 9.17) is 9.68 Å². The Balaban J connectivity index is 2.48. The van der Waals surface area contributed by atoms with Crippen molar-refractivity contribution in [1.82, 2.24) is 4.90 Å². The summed E-state index contributed by atoms with van der Waals surface area (Å²) < 4.78 is 5.01. The van der Waals surface area contributed by atoms with Crippen LogP contribution in [0.4, 0.5) is 0 Å². The third kappa shape index (κ3) is 3.23. The molecule has 0 bridgehead atoms. The van der Waals surface area contributed by atoms with Gasteiger partial charge in [0, 0.05) is 31.1 Å². The van der Waals surface area contributed by atoms with E-state index in [1.165, 1.54) is 0 Å². The Morgan fingerprint density at radius 2 is 2.36 bits per heavy atom. The molecule has 1 aromatic heterocycles. The van der Waals surface area contributed by atoms with Gasteiger partial charge >= 0.3 is 0 Å². The number of rotatable bonds is 5. The van der Waals surface area contributed by atoms with Crippen molar-refractivity contribution in [2.45, 2.75) is 32.9 Å². The lowest BCUT2D eigenvalue weighted by atomic mass is 10.2. The fourth-order valence-electron chi connectivity index (χ4n) is 1.33. The molecule has 0 unspecified atom stereocenters. The molecule has 0 atom stereocenters. The van der Waals surface area contributed by atoms with Gasteiger partial charge in [-0.15, -0.1) is 0 Å². The molecule has 0 saturated carbocycles. The summed E-state index contributed by atoms with van der Waals surface area (Å²) >= 11 is 0. The number of nitrogens with zero attached hydrogens (tertiary/aromatic N) is 2. The van der Waals surface area contributed by atoms with Gasteiger partial charge in [0.15, 0.2) is 0 Å². The zero-order valence-corrected chi connectivity index (χ0v) is 8.73. The highest BCUT2D eigenvalue weighted by Crippen LogP contribution is 2.08. The largest absolute Gasteiger partial charge is 0.472 e. The molecule has 0 aromatic carbocycles. The topological polar surface area (TPSA) is 40.2 Å². The minimum atomic E-state index is 0.457. The Hall–Kier alpha value is -1.27. The van der Waals surface area contributed by atoms with Crippen molar-refractivity contribution in [3.8, 4) is 6.07 Å². The standard InChI is InChI=1S/C11H16N2O/c1-10(2)13(6-3-5-12)8-11-4-7-14-9-11/h4,7,9-10H,3,6,8H2,1-2H3. The zero-order chi connectivity index (χ0) is 10.4. The smallest absolute Gasteiger partial charge is 0.0947 e. The van der Waals surface area contributed by atoms with Crippen LogP contribution in [-0.2, 0) is 6.54 Å². The first-order valence-corrected chi connectivity index (χ1v) is 4.86. The van der Waals surface area contributed by atoms with Crippen LogP contribution >= 0.6 is 0 Å². The van der Waals surface area contributed by atoms with Gasteiger partial charge in [0.05, 0.1) is 18.6 Å². The molecule has 1 aromatic rings. The average molecular weight is 192 g/mol. The summed E-state index contributed by atoms with van der Waals surface area (Å²) in [4.78, 5) is 2.26. The van der Waals surface area contributed by atoms with E-state index in [-0.39, 0.29) is 0 Å². The maximum atomic E-state index is 8.53. The van der Waals surface area contributed by atoms with Gasteiger partial charge in [0.25, 0.3) is 0 Å². The molecule has 1 rings (SSSR count). The van der Waals surface area contributed by atoms with Crippen LogP contribution < -0.4 is 0 Å². The minimum absolute atomic E-state index is 0.457. The Morgan fingerprint density at radius 1 is 1.57 bits per heavy atom. The highest BCUT2D eigenvalue weighted by molar-refractivity contribution is 5.05. The molecular weight excluding hydrogens is 176 g/mol. The Kier molecular flexibility index (Phi) is 4.21. The molecule has 0 spiro atoms. The van der Waals surface area contributed by atoms with Crippen molar-refractivity contribution in [3.63, 3.8) is 0 Å². The fourth-order valence-corrected chi connectivity index (χ4v) is 1.33. The molecule has 0 aliphatic carbocycles. The van der Waals surface area contributed by atoms with Crippen molar-refractivity contribution in [1.29, 1.82) is 5.26 Å². The summed E-state index contributed by atoms with van der Waals surface area (Å²) in [7, 11) is 0. The van der Waals surface area contributed by atoms with Crippen molar-refractivity contribution >= 4 is 0 Å². The summed E-state index contributed by atoms with van der Waals surface area (Å²) in [5, 5.41) is 8.53. The maximum absolute atomic E-state index is 8.53. The summed E-state index contributed by atoms with van der Waals surface area (Å²) in [6.07, 6.45) is 4.01. The van der Waals surface area contributed by atoms with Crippen LogP contribution in [0.2, 0.25) is 0 Å². The van der Waals surface area contributed by atoms with E-state index in [2.05, 4.69) is 24.8 Å². The first kappa shape index (κ1) is 10.8. The van der Waals surface area contributed by atoms with Gasteiger partial charge < -0.3 is 4.42 Å². The fraction of sp³-hybridized carbons (Fsp3) is 0.545. The highest BCUT2D eigenvalue weighted by atomic mass is 16.3. The van der Waals surface area contributed by atoms with Crippen LogP contribution in [0.3, 0.4) is 0 Å². The summed E-state index contributed by atoms with van der Waals surface area (Å²) in [6, 6.07) is 4.58. The SMILES string of the molecule is CC(C)N(CCC#N)Cc1ccoc1. The molecule has 0 radical (unpaired) electrons. The van der Waals surface area contributed by atoms with Crippen LogP contribution in [0.5, 0.6) is 0 Å². The lowest BCUT2D eigenvalue weighted by Gasteiger charge is -2.24. The molecule has 3 heteroatoms. The summed E-state index contributed by atoms with van der Waals surface area (Å²) in [5.74, 6) is 0. The zero-order valence-electron chi connectivity index (χ0n) is 8.73. The first-order valence-electron chi connectivity index (χ1n) is 4.86. The summed E-state index contributed by atoms with van der Waals surface area (Å²) in [6.45, 7) is 5.95. The van der Waals surface area contributed by atoms with E-state index < -0.39 is 0 Å². The lowest BCUT2D eigenvalue weighted by Crippen LogP contribution is -2.30. The maximum Gasteiger partial charge on any atom is 0.0947 e. The van der Waals surface area contributed by atoms with Crippen LogP contribution in [-0.4, -0.2) is 17.5 Å². The molecule has 3 nitrogen and oxygen atoms in total. The predicted octanol–water partition coefficient (Wildman–Crippen LogP) is 2.40. The van der Waals surface area contributed by atoms with Crippen LogP contribution in [0.25, 0.3) is 0 Å². The van der Waals surface area contributed by atoms with Gasteiger partial charge in [-0.2, -0.15) is 5.26 Å². The van der Waals surface area contributed by atoms with E-state index >= 15 is 0 Å². The van der Waals surface area contributed by atoms with Gasteiger partial charge in [0.1, 0.15) is 0 Å². The van der Waals surface area contributed by atoms with E-state index in [0.717, 1.165) is 18.7 Å². The van der Waals surface area contributed by atoms with Crippen molar-refractivity contribution in [2.24, 2.45) is 0 Å². The van der Waals surface area contributed by atoms with Gasteiger partial charge in [0.2, 0.25) is 0 Å². The van der Waals surface area contributed by atoms with Gasteiger partial charge in [-0.25, -0.2) is 0 Å². The van der Waals surface area contributed by atoms with Gasteiger partial charge in [-0.3, -0.25) is 4.90 Å². The number of hydrogen-bond acceptors (Lipinski definition) is 3. The second-order valence-electron chi connectivity index (χ2n) is 3.60. The van der Waals surface area contributed by atoms with Crippen molar-refractivity contribution < 1.29 is 4.42 Å². The number of furan rings is 1. The third-order valence-electron chi connectivity index (χ3n) is 2.21. The van der Waals surface area contributed by atoms with Gasteiger partial charge in [-0.1, -0.05) is 0 Å². The molecule has 0 aliphatic heterocycles. The van der Waals surface area contributed by atoms with Crippen molar-refractivity contribution in [2.75, 3.05) is 6.54 Å². The van der Waals surface area contributed by atoms with Gasteiger partial charge in [-0.05, 0) is 19.9 Å². The van der Waals surface area contributed by atoms with E-state index in [9.17, 15) is 0 Å². The van der Waals surface area contributed by atoms with Crippen LogP contribution in [0.1, 0.15) is 25.8 Å². The molecule has 0 saturated heterocycles. The average Bonchev–Trinajstić information content (AvgIpc) is 2.64. The quantitative estimate of drug-likeness (QED) is 0.719. The molecule has 0 N–H and O–H groups in total. The normalized spacial score (nSPS) is 10.8. The molecule has 0 aliphatic rings. The molecule has 76 valence electrons. The minimum Gasteiger partial charge on any atom is -0.472 e. The molecule has 1 heterocycles. The third-order valence-corrected chi connectivity index (χ3v) is 2.21. The number of hydrogen-bond donors (Lipinski definition) is 0. The lowest BCUT2D eigenvalue weighted by molar-refractivity contribution is 0.217. The summed E-state index contributed by atoms with van der Waals surface area (Å²) in [5.41, 5.74) is 1.16. The Labute approximate surface area is 84.9 Å². The Bertz CT molecular complexity index is 285. The van der Waals surface area contributed by atoms with E-state index in [1.54, 1.807) is 12.5 Å². The highest BCUT2D eigenvalue weighted by Gasteiger charge is 2.09. The first-order chi connectivity index (χ1) is 6.74. The molecular formula is C11H16N2O. The van der Waals surface area contributed by atoms with E-state index in [1.807, 2.05) is 6.07 Å². The van der Waals surface area contributed by atoms with E-state index in [0.29, 0.717) is 12.5 Å². The molecule has 14 heavy (non-hydrogen) atoms. The molecule has 0 amide bonds. The Morgan fingerprint density at radius 3 is 2.86 bits per heavy atom. The number of nitriles is 1. The van der Waals surface area contributed by atoms with Crippen LogP contribution in [0, 0.1) is 11.3 Å². The monoisotopic (exact) mass is 192 g/mol. The second kappa shape index (κ2) is 5.46. The van der Waals surface area contributed by atoms with Crippen molar-refractivity contribution in [3.05, 3.63) is 24.2 Å². The molecule has 0 fully saturated rings.